The van der Waals surface area contributed by atoms with E-state index in [1.54, 1.807) is 6.07 Å². The molecule has 2 rings (SSSR count). The monoisotopic (exact) mass is 254 g/mol. The molecule has 0 atom stereocenters. The van der Waals surface area contributed by atoms with Gasteiger partial charge < -0.3 is 4.74 Å². The summed E-state index contributed by atoms with van der Waals surface area (Å²) in [6.07, 6.45) is 0.840. The summed E-state index contributed by atoms with van der Waals surface area (Å²) in [5.74, 6) is 0.681. The van der Waals surface area contributed by atoms with Crippen LogP contribution in [-0.2, 0) is 6.61 Å². The number of aryl methyl sites for hydroxylation is 3. The molecule has 0 heterocycles. The van der Waals surface area contributed by atoms with Gasteiger partial charge in [-0.1, -0.05) is 30.3 Å². The molecule has 0 N–H and O–H groups in total. The Labute approximate surface area is 114 Å². The van der Waals surface area contributed by atoms with Crippen LogP contribution in [0.5, 0.6) is 5.75 Å². The van der Waals surface area contributed by atoms with E-state index in [-0.39, 0.29) is 0 Å². The number of aldehydes is 1. The summed E-state index contributed by atoms with van der Waals surface area (Å²) in [6, 6.07) is 11.8. The van der Waals surface area contributed by atoms with E-state index in [9.17, 15) is 4.79 Å². The van der Waals surface area contributed by atoms with Crippen molar-refractivity contribution < 1.29 is 9.53 Å². The third kappa shape index (κ3) is 2.84. The molecule has 19 heavy (non-hydrogen) atoms. The molecule has 0 fully saturated rings. The highest BCUT2D eigenvalue weighted by molar-refractivity contribution is 5.80. The first-order valence-electron chi connectivity index (χ1n) is 6.36. The van der Waals surface area contributed by atoms with Crippen LogP contribution in [0.15, 0.2) is 36.4 Å². The summed E-state index contributed by atoms with van der Waals surface area (Å²) < 4.78 is 5.88. The lowest BCUT2D eigenvalue weighted by atomic mass is 10.0. The van der Waals surface area contributed by atoms with Crippen LogP contribution >= 0.6 is 0 Å². The Bertz CT molecular complexity index is 580. The second-order valence-corrected chi connectivity index (χ2v) is 4.77. The zero-order valence-corrected chi connectivity index (χ0v) is 11.6. The van der Waals surface area contributed by atoms with E-state index in [2.05, 4.69) is 26.0 Å². The van der Waals surface area contributed by atoms with E-state index < -0.39 is 0 Å². The van der Waals surface area contributed by atoms with Crippen molar-refractivity contribution in [2.75, 3.05) is 0 Å². The number of carbonyl (C=O) groups is 1. The lowest BCUT2D eigenvalue weighted by Crippen LogP contribution is -2.03. The van der Waals surface area contributed by atoms with Crippen LogP contribution in [0.3, 0.4) is 0 Å². The molecule has 0 unspecified atom stereocenters. The zero-order chi connectivity index (χ0) is 13.8. The van der Waals surface area contributed by atoms with Gasteiger partial charge in [-0.3, -0.25) is 4.79 Å². The Morgan fingerprint density at radius 2 is 1.53 bits per heavy atom. The standard InChI is InChI=1S/C17H18O2/c1-12-6-4-7-13(2)16(12)11-19-17-14(3)8-5-9-15(17)10-18/h4-10H,11H2,1-3H3. The molecular weight excluding hydrogens is 236 g/mol. The van der Waals surface area contributed by atoms with E-state index in [0.29, 0.717) is 17.9 Å². The number of hydrogen-bond donors (Lipinski definition) is 0. The second-order valence-electron chi connectivity index (χ2n) is 4.77. The smallest absolute Gasteiger partial charge is 0.153 e. The molecule has 2 heteroatoms. The van der Waals surface area contributed by atoms with E-state index in [1.165, 1.54) is 16.7 Å². The Kier molecular flexibility index (Phi) is 4.00. The zero-order valence-electron chi connectivity index (χ0n) is 11.6. The van der Waals surface area contributed by atoms with Gasteiger partial charge in [-0.25, -0.2) is 0 Å². The summed E-state index contributed by atoms with van der Waals surface area (Å²) in [4.78, 5) is 11.0. The van der Waals surface area contributed by atoms with Crippen LogP contribution in [0, 0.1) is 20.8 Å². The normalized spacial score (nSPS) is 10.3. The summed E-state index contributed by atoms with van der Waals surface area (Å²) in [6.45, 7) is 6.59. The van der Waals surface area contributed by atoms with Crippen LogP contribution in [0.25, 0.3) is 0 Å². The first kappa shape index (κ1) is 13.3. The van der Waals surface area contributed by atoms with Crippen molar-refractivity contribution in [2.45, 2.75) is 27.4 Å². The second kappa shape index (κ2) is 5.70. The maximum absolute atomic E-state index is 11.0. The first-order chi connectivity index (χ1) is 9.13. The highest BCUT2D eigenvalue weighted by atomic mass is 16.5. The minimum absolute atomic E-state index is 0.490. The van der Waals surface area contributed by atoms with Crippen LogP contribution < -0.4 is 4.74 Å². The maximum atomic E-state index is 11.0. The fourth-order valence-corrected chi connectivity index (χ4v) is 2.19. The number of benzene rings is 2. The lowest BCUT2D eigenvalue weighted by Gasteiger charge is -2.14. The van der Waals surface area contributed by atoms with E-state index in [0.717, 1.165) is 11.8 Å². The number of hydrogen-bond acceptors (Lipinski definition) is 2. The molecule has 2 aromatic carbocycles. The van der Waals surface area contributed by atoms with Gasteiger partial charge in [-0.15, -0.1) is 0 Å². The highest BCUT2D eigenvalue weighted by Gasteiger charge is 2.08. The van der Waals surface area contributed by atoms with E-state index in [4.69, 9.17) is 4.74 Å². The fraction of sp³-hybridized carbons (Fsp3) is 0.235. The lowest BCUT2D eigenvalue weighted by molar-refractivity contribution is 0.111. The molecule has 0 aliphatic heterocycles. The minimum atomic E-state index is 0.490. The van der Waals surface area contributed by atoms with E-state index in [1.807, 2.05) is 25.1 Å². The van der Waals surface area contributed by atoms with Gasteiger partial charge in [0.2, 0.25) is 0 Å². The van der Waals surface area contributed by atoms with Gasteiger partial charge >= 0.3 is 0 Å². The highest BCUT2D eigenvalue weighted by Crippen LogP contribution is 2.24. The summed E-state index contributed by atoms with van der Waals surface area (Å²) in [5, 5.41) is 0. The topological polar surface area (TPSA) is 26.3 Å². The Morgan fingerprint density at radius 1 is 0.947 bits per heavy atom. The first-order valence-corrected chi connectivity index (χ1v) is 6.36. The van der Waals surface area contributed by atoms with Crippen molar-refractivity contribution in [1.29, 1.82) is 0 Å². The molecule has 0 aromatic heterocycles. The summed E-state index contributed by atoms with van der Waals surface area (Å²) in [5.41, 5.74) is 5.19. The minimum Gasteiger partial charge on any atom is -0.488 e. The average molecular weight is 254 g/mol. The van der Waals surface area contributed by atoms with Crippen molar-refractivity contribution in [1.82, 2.24) is 0 Å². The third-order valence-corrected chi connectivity index (χ3v) is 3.37. The largest absolute Gasteiger partial charge is 0.488 e. The molecule has 2 aromatic rings. The molecule has 0 saturated heterocycles. The molecule has 0 radical (unpaired) electrons. The molecule has 0 aliphatic carbocycles. The van der Waals surface area contributed by atoms with Gasteiger partial charge in [-0.05, 0) is 49.1 Å². The van der Waals surface area contributed by atoms with Crippen molar-refractivity contribution in [3.8, 4) is 5.75 Å². The third-order valence-electron chi connectivity index (χ3n) is 3.37. The molecular formula is C17H18O2. The Morgan fingerprint density at radius 3 is 2.16 bits per heavy atom. The predicted molar refractivity (Wildman–Crippen MR) is 76.8 cm³/mol. The van der Waals surface area contributed by atoms with Gasteiger partial charge in [0.25, 0.3) is 0 Å². The molecule has 0 bridgehead atoms. The Balaban J connectivity index is 2.26. The molecule has 0 saturated carbocycles. The summed E-state index contributed by atoms with van der Waals surface area (Å²) in [7, 11) is 0. The SMILES string of the molecule is Cc1cccc(C)c1COc1c(C)cccc1C=O. The number of rotatable bonds is 4. The number of ether oxygens (including phenoxy) is 1. The van der Waals surface area contributed by atoms with Gasteiger partial charge in [-0.2, -0.15) is 0 Å². The fourth-order valence-electron chi connectivity index (χ4n) is 2.19. The van der Waals surface area contributed by atoms with Crippen LogP contribution in [-0.4, -0.2) is 6.29 Å². The maximum Gasteiger partial charge on any atom is 0.153 e. The van der Waals surface area contributed by atoms with Crippen LogP contribution in [0.2, 0.25) is 0 Å². The summed E-state index contributed by atoms with van der Waals surface area (Å²) >= 11 is 0. The molecule has 0 aliphatic rings. The predicted octanol–water partition coefficient (Wildman–Crippen LogP) is 4.00. The van der Waals surface area contributed by atoms with Gasteiger partial charge in [0.05, 0.1) is 5.56 Å². The molecule has 2 nitrogen and oxygen atoms in total. The quantitative estimate of drug-likeness (QED) is 0.771. The van der Waals surface area contributed by atoms with Crippen molar-refractivity contribution >= 4 is 6.29 Å². The Hall–Kier alpha value is -2.09. The van der Waals surface area contributed by atoms with Gasteiger partial charge in [0.15, 0.2) is 6.29 Å². The van der Waals surface area contributed by atoms with Gasteiger partial charge in [0.1, 0.15) is 12.4 Å². The van der Waals surface area contributed by atoms with Gasteiger partial charge in [0, 0.05) is 0 Å². The van der Waals surface area contributed by atoms with E-state index >= 15 is 0 Å². The van der Waals surface area contributed by atoms with Crippen LogP contribution in [0.1, 0.15) is 32.6 Å². The van der Waals surface area contributed by atoms with Crippen molar-refractivity contribution in [3.05, 3.63) is 64.2 Å². The number of para-hydroxylation sites is 1. The van der Waals surface area contributed by atoms with Crippen molar-refractivity contribution in [2.24, 2.45) is 0 Å². The molecule has 0 amide bonds. The molecule has 98 valence electrons. The molecule has 0 spiro atoms. The number of carbonyl (C=O) groups excluding carboxylic acids is 1. The average Bonchev–Trinajstić information content (AvgIpc) is 2.39. The van der Waals surface area contributed by atoms with Crippen molar-refractivity contribution in [3.63, 3.8) is 0 Å². The van der Waals surface area contributed by atoms with Crippen LogP contribution in [0.4, 0.5) is 0 Å².